The highest BCUT2D eigenvalue weighted by atomic mass is 127. The Bertz CT molecular complexity index is 477. The Hall–Kier alpha value is -0.410. The van der Waals surface area contributed by atoms with Gasteiger partial charge in [0.05, 0.1) is 12.2 Å². The van der Waals surface area contributed by atoms with Crippen molar-refractivity contribution in [1.29, 1.82) is 0 Å². The Morgan fingerprint density at radius 1 is 1.30 bits per heavy atom. The largest absolute Gasteiger partial charge is 0.356 e. The molecule has 1 aromatic heterocycles. The Morgan fingerprint density at radius 3 is 2.57 bits per heavy atom. The van der Waals surface area contributed by atoms with E-state index < -0.39 is 0 Å². The van der Waals surface area contributed by atoms with Crippen molar-refractivity contribution in [3.05, 3.63) is 15.6 Å². The highest BCUT2D eigenvalue weighted by molar-refractivity contribution is 14.0. The fourth-order valence-corrected chi connectivity index (χ4v) is 3.61. The number of aryl methyl sites for hydroxylation is 2. The van der Waals surface area contributed by atoms with E-state index in [9.17, 15) is 0 Å². The van der Waals surface area contributed by atoms with E-state index in [1.54, 1.807) is 11.3 Å². The second-order valence-corrected chi connectivity index (χ2v) is 7.46. The molecule has 1 saturated heterocycles. The average Bonchev–Trinajstić information content (AvgIpc) is 3.10. The summed E-state index contributed by atoms with van der Waals surface area (Å²) in [4.78, 5) is 12.7. The maximum atomic E-state index is 4.55. The van der Waals surface area contributed by atoms with Crippen LogP contribution in [-0.4, -0.2) is 49.1 Å². The second-order valence-electron chi connectivity index (χ2n) is 6.17. The highest BCUT2D eigenvalue weighted by Crippen LogP contribution is 2.15. The van der Waals surface area contributed by atoms with Crippen LogP contribution in [0.3, 0.4) is 0 Å². The molecule has 1 aromatic rings. The first-order valence-electron chi connectivity index (χ1n) is 8.18. The summed E-state index contributed by atoms with van der Waals surface area (Å²) in [7, 11) is 1.82. The molecule has 132 valence electrons. The van der Waals surface area contributed by atoms with Gasteiger partial charge in [-0.15, -0.1) is 35.3 Å². The van der Waals surface area contributed by atoms with Gasteiger partial charge in [0.1, 0.15) is 5.01 Å². The minimum Gasteiger partial charge on any atom is -0.356 e. The molecule has 0 aliphatic carbocycles. The van der Waals surface area contributed by atoms with Crippen molar-refractivity contribution in [2.45, 2.75) is 40.2 Å². The van der Waals surface area contributed by atoms with E-state index in [0.717, 1.165) is 29.8 Å². The number of hydrogen-bond acceptors (Lipinski definition) is 4. The number of likely N-dealkylation sites (tertiary alicyclic amines) is 1. The van der Waals surface area contributed by atoms with Gasteiger partial charge in [0, 0.05) is 25.0 Å². The molecule has 2 N–H and O–H groups in total. The standard InChI is InChI=1S/C16H29N5S.HI/c1-12(11-21-7-5-6-8-21)9-18-16(17-4)19-10-15-20-13(2)14(3)22-15;/h12H,5-11H2,1-4H3,(H2,17,18,19);1H. The first-order valence-corrected chi connectivity index (χ1v) is 9.00. The van der Waals surface area contributed by atoms with Crippen LogP contribution in [0.15, 0.2) is 4.99 Å². The van der Waals surface area contributed by atoms with Gasteiger partial charge in [-0.05, 0) is 45.7 Å². The maximum absolute atomic E-state index is 4.55. The molecule has 2 heterocycles. The first kappa shape index (κ1) is 20.6. The summed E-state index contributed by atoms with van der Waals surface area (Å²) in [5.74, 6) is 1.49. The molecule has 0 bridgehead atoms. The third-order valence-corrected chi connectivity index (χ3v) is 5.16. The Labute approximate surface area is 161 Å². The summed E-state index contributed by atoms with van der Waals surface area (Å²) < 4.78 is 0. The number of aromatic nitrogens is 1. The van der Waals surface area contributed by atoms with Crippen molar-refractivity contribution in [3.63, 3.8) is 0 Å². The van der Waals surface area contributed by atoms with Crippen LogP contribution in [0.5, 0.6) is 0 Å². The zero-order valence-electron chi connectivity index (χ0n) is 14.7. The maximum Gasteiger partial charge on any atom is 0.191 e. The predicted molar refractivity (Wildman–Crippen MR) is 110 cm³/mol. The first-order chi connectivity index (χ1) is 10.6. The molecule has 0 spiro atoms. The zero-order chi connectivity index (χ0) is 15.9. The van der Waals surface area contributed by atoms with E-state index in [2.05, 4.69) is 46.3 Å². The van der Waals surface area contributed by atoms with Crippen LogP contribution in [0, 0.1) is 19.8 Å². The molecule has 0 amide bonds. The molecular weight excluding hydrogens is 421 g/mol. The van der Waals surface area contributed by atoms with Crippen LogP contribution < -0.4 is 10.6 Å². The number of rotatable bonds is 6. The Balaban J connectivity index is 0.00000264. The van der Waals surface area contributed by atoms with Crippen LogP contribution in [0.1, 0.15) is 35.3 Å². The second kappa shape index (κ2) is 10.5. The lowest BCUT2D eigenvalue weighted by Crippen LogP contribution is -2.41. The molecule has 2 rings (SSSR count). The SMILES string of the molecule is CN=C(NCc1nc(C)c(C)s1)NCC(C)CN1CCCC1.I. The van der Waals surface area contributed by atoms with Gasteiger partial charge in [-0.3, -0.25) is 4.99 Å². The minimum atomic E-state index is 0. The highest BCUT2D eigenvalue weighted by Gasteiger charge is 2.14. The lowest BCUT2D eigenvalue weighted by molar-refractivity contribution is 0.287. The van der Waals surface area contributed by atoms with Crippen molar-refractivity contribution in [3.8, 4) is 0 Å². The fraction of sp³-hybridized carbons (Fsp3) is 0.750. The molecular formula is C16H30IN5S. The van der Waals surface area contributed by atoms with Gasteiger partial charge >= 0.3 is 0 Å². The Kier molecular flexibility index (Phi) is 9.38. The number of nitrogens with one attached hydrogen (secondary N) is 2. The topological polar surface area (TPSA) is 52.6 Å². The number of thiazole rings is 1. The lowest BCUT2D eigenvalue weighted by Gasteiger charge is -2.21. The molecule has 1 aliphatic heterocycles. The van der Waals surface area contributed by atoms with Crippen molar-refractivity contribution in [1.82, 2.24) is 20.5 Å². The van der Waals surface area contributed by atoms with E-state index >= 15 is 0 Å². The fourth-order valence-electron chi connectivity index (χ4n) is 2.74. The number of nitrogens with zero attached hydrogens (tertiary/aromatic N) is 3. The normalized spacial score (nSPS) is 17.0. The predicted octanol–water partition coefficient (Wildman–Crippen LogP) is 2.77. The van der Waals surface area contributed by atoms with Gasteiger partial charge in [-0.2, -0.15) is 0 Å². The molecule has 1 atom stereocenters. The van der Waals surface area contributed by atoms with Gasteiger partial charge in [0.25, 0.3) is 0 Å². The summed E-state index contributed by atoms with van der Waals surface area (Å²) in [6, 6.07) is 0. The van der Waals surface area contributed by atoms with Crippen molar-refractivity contribution in [2.24, 2.45) is 10.9 Å². The molecule has 7 heteroatoms. The molecule has 5 nitrogen and oxygen atoms in total. The molecule has 1 aliphatic rings. The summed E-state index contributed by atoms with van der Waals surface area (Å²) in [5.41, 5.74) is 1.13. The van der Waals surface area contributed by atoms with Crippen molar-refractivity contribution in [2.75, 3.05) is 33.2 Å². The molecule has 0 radical (unpaired) electrons. The smallest absolute Gasteiger partial charge is 0.191 e. The summed E-state index contributed by atoms with van der Waals surface area (Å²) in [6.45, 7) is 11.9. The summed E-state index contributed by atoms with van der Waals surface area (Å²) in [5, 5.41) is 7.89. The van der Waals surface area contributed by atoms with E-state index in [0.29, 0.717) is 5.92 Å². The zero-order valence-corrected chi connectivity index (χ0v) is 17.8. The van der Waals surface area contributed by atoms with Crippen LogP contribution in [0.2, 0.25) is 0 Å². The van der Waals surface area contributed by atoms with Gasteiger partial charge < -0.3 is 15.5 Å². The molecule has 1 unspecified atom stereocenters. The van der Waals surface area contributed by atoms with Crippen molar-refractivity contribution >= 4 is 41.3 Å². The Morgan fingerprint density at radius 2 is 2.00 bits per heavy atom. The lowest BCUT2D eigenvalue weighted by atomic mass is 10.1. The molecule has 0 saturated carbocycles. The van der Waals surface area contributed by atoms with Gasteiger partial charge in [-0.1, -0.05) is 6.92 Å². The van der Waals surface area contributed by atoms with Crippen LogP contribution >= 0.6 is 35.3 Å². The number of aliphatic imine (C=N–C) groups is 1. The number of hydrogen-bond donors (Lipinski definition) is 2. The van der Waals surface area contributed by atoms with Crippen molar-refractivity contribution < 1.29 is 0 Å². The quantitative estimate of drug-likeness (QED) is 0.397. The monoisotopic (exact) mass is 451 g/mol. The molecule has 1 fully saturated rings. The third kappa shape index (κ3) is 6.93. The van der Waals surface area contributed by atoms with Gasteiger partial charge in [0.15, 0.2) is 5.96 Å². The van der Waals surface area contributed by atoms with Gasteiger partial charge in [-0.25, -0.2) is 4.98 Å². The average molecular weight is 451 g/mol. The minimum absolute atomic E-state index is 0. The number of guanidine groups is 1. The van der Waals surface area contributed by atoms with Gasteiger partial charge in [0.2, 0.25) is 0 Å². The summed E-state index contributed by atoms with van der Waals surface area (Å²) in [6.07, 6.45) is 2.71. The van der Waals surface area contributed by atoms with E-state index in [1.165, 1.54) is 37.4 Å². The van der Waals surface area contributed by atoms with E-state index in [4.69, 9.17) is 0 Å². The number of halogens is 1. The summed E-state index contributed by atoms with van der Waals surface area (Å²) >= 11 is 1.75. The molecule has 23 heavy (non-hydrogen) atoms. The van der Waals surface area contributed by atoms with E-state index in [1.807, 2.05) is 7.05 Å². The van der Waals surface area contributed by atoms with Crippen LogP contribution in [0.25, 0.3) is 0 Å². The molecule has 0 aromatic carbocycles. The van der Waals surface area contributed by atoms with E-state index in [-0.39, 0.29) is 24.0 Å². The van der Waals surface area contributed by atoms with Crippen LogP contribution in [0.4, 0.5) is 0 Å². The van der Waals surface area contributed by atoms with Crippen LogP contribution in [-0.2, 0) is 6.54 Å². The third-order valence-electron chi connectivity index (χ3n) is 4.09.